The maximum Gasteiger partial charge on any atom is 0.512 e. The number of aromatic amines is 1. The summed E-state index contributed by atoms with van der Waals surface area (Å²) >= 11 is 1.11. The number of hydrogen-bond donors (Lipinski definition) is 5. The minimum Gasteiger partial charge on any atom is -0.508 e. The molecule has 1 saturated heterocycles. The number of carbonyl (C=O) groups is 4. The van der Waals surface area contributed by atoms with Gasteiger partial charge >= 0.3 is 12.1 Å². The molecule has 196 valence electrons. The smallest absolute Gasteiger partial charge is 0.508 e. The molecule has 2 amide bonds. The largest absolute Gasteiger partial charge is 0.512 e. The first-order valence-electron chi connectivity index (χ1n) is 10.5. The normalized spacial score (nSPS) is 22.5. The molecule has 0 saturated carbocycles. The van der Waals surface area contributed by atoms with Gasteiger partial charge in [-0.2, -0.15) is 0 Å². The molecule has 0 radical (unpaired) electrons. The lowest BCUT2D eigenvalue weighted by molar-refractivity contribution is -0.265. The van der Waals surface area contributed by atoms with Crippen molar-refractivity contribution in [1.82, 2.24) is 30.8 Å². The quantitative estimate of drug-likeness (QED) is 0.0921. The Morgan fingerprint density at radius 3 is 2.57 bits per heavy atom. The second-order valence-electron chi connectivity index (χ2n) is 7.80. The highest BCUT2D eigenvalue weighted by Crippen LogP contribution is 2.43. The van der Waals surface area contributed by atoms with Gasteiger partial charge in [0.15, 0.2) is 12.1 Å². The molecule has 1 fully saturated rings. The number of thioether (sulfide) groups is 1. The first kappa shape index (κ1) is 25.9. The number of H-pyrrole nitrogens is 1. The molecule has 4 atom stereocenters. The maximum absolute atomic E-state index is 13.3. The number of benzene rings is 1. The number of hydrogen-bond acceptors (Lipinski definition) is 12. The van der Waals surface area contributed by atoms with E-state index in [0.717, 1.165) is 23.8 Å². The monoisotopic (exact) mass is 536 g/mol. The Bertz CT molecular complexity index is 1250. The molecule has 1 aromatic carbocycles. The molecule has 2 aromatic rings. The lowest BCUT2D eigenvalue weighted by atomic mass is 9.93. The molecule has 37 heavy (non-hydrogen) atoms. The lowest BCUT2D eigenvalue weighted by Gasteiger charge is -2.55. The molecular formula is C20H20N6O10S. The van der Waals surface area contributed by atoms with Crippen molar-refractivity contribution in [3.63, 3.8) is 0 Å². The van der Waals surface area contributed by atoms with Gasteiger partial charge in [-0.3, -0.25) is 14.4 Å². The minimum absolute atomic E-state index is 0.0343. The lowest BCUT2D eigenvalue weighted by Crippen LogP contribution is -2.82. The van der Waals surface area contributed by atoms with E-state index < -0.39 is 47.1 Å². The van der Waals surface area contributed by atoms with Gasteiger partial charge in [0.2, 0.25) is 16.9 Å². The Kier molecular flexibility index (Phi) is 7.01. The zero-order chi connectivity index (χ0) is 26.9. The number of amides is 2. The van der Waals surface area contributed by atoms with Crippen molar-refractivity contribution in [1.29, 1.82) is 0 Å². The first-order chi connectivity index (χ1) is 17.6. The van der Waals surface area contributed by atoms with Gasteiger partial charge in [0, 0.05) is 17.9 Å². The fourth-order valence-corrected chi connectivity index (χ4v) is 4.72. The van der Waals surface area contributed by atoms with Gasteiger partial charge in [-0.05, 0) is 35.0 Å². The number of nitrogens with zero attached hydrogens (tertiary/aromatic N) is 4. The van der Waals surface area contributed by atoms with Crippen molar-refractivity contribution in [2.45, 2.75) is 35.2 Å². The third kappa shape index (κ3) is 4.66. The van der Waals surface area contributed by atoms with E-state index in [9.17, 15) is 34.5 Å². The number of fused-ring (bicyclic) bond motifs is 1. The summed E-state index contributed by atoms with van der Waals surface area (Å²) in [6.07, 6.45) is -3.07. The summed E-state index contributed by atoms with van der Waals surface area (Å²) in [5, 5.41) is 43.7. The van der Waals surface area contributed by atoms with Gasteiger partial charge in [0.1, 0.15) is 5.75 Å². The van der Waals surface area contributed by atoms with Gasteiger partial charge < -0.3 is 34.8 Å². The van der Waals surface area contributed by atoms with Crippen LogP contribution in [0.2, 0.25) is 0 Å². The molecule has 17 heteroatoms. The van der Waals surface area contributed by atoms with Gasteiger partial charge in [-0.1, -0.05) is 23.9 Å². The van der Waals surface area contributed by atoms with Gasteiger partial charge in [0.25, 0.3) is 11.6 Å². The highest BCUT2D eigenvalue weighted by Gasteiger charge is 2.68. The number of phenolic OH excluding ortho intramolecular Hbond substituents is 1. The van der Waals surface area contributed by atoms with Crippen LogP contribution in [0.5, 0.6) is 5.75 Å². The summed E-state index contributed by atoms with van der Waals surface area (Å²) in [6, 6.07) is 4.91. The molecule has 0 spiro atoms. The van der Waals surface area contributed by atoms with Crippen LogP contribution >= 0.6 is 11.8 Å². The van der Waals surface area contributed by atoms with Crippen molar-refractivity contribution >= 4 is 35.7 Å². The number of β-lactam (4-membered cyclic amide) rings is 1. The second kappa shape index (κ2) is 10.0. The average Bonchev–Trinajstić information content (AvgIpc) is 3.35. The number of carboxylic acids is 1. The second-order valence-corrected chi connectivity index (χ2v) is 9.12. The van der Waals surface area contributed by atoms with E-state index in [0.29, 0.717) is 5.16 Å². The van der Waals surface area contributed by atoms with Gasteiger partial charge in [-0.15, -0.1) is 5.10 Å². The van der Waals surface area contributed by atoms with Crippen LogP contribution in [0.4, 0.5) is 4.79 Å². The predicted molar refractivity (Wildman–Crippen MR) is 119 cm³/mol. The fraction of sp³-hybridized carbons (Fsp3) is 0.350. The minimum atomic E-state index is -2.16. The van der Waals surface area contributed by atoms with Crippen LogP contribution in [0.15, 0.2) is 40.9 Å². The topological polar surface area (TPSA) is 226 Å². The number of phenols is 1. The standard InChI is InChI=1S/C20H20N6O10S/c1-8(37-18-22-24-25-23-18)11-7-35-17-20(34-2,16(31)26(17)14(11)36-19(32)33)21-13(28)12(15(29)30)9-3-5-10(27)6-4-9/h3-6,8,12,17,27H,7H2,1-2H3,(H,21,28)(H,29,30)(H,32,33)(H,22,23,24,25)/t8?,12?,17-,20+/m1/s1. The van der Waals surface area contributed by atoms with Crippen LogP contribution < -0.4 is 5.32 Å². The number of carboxylic acid groups (broad SMARTS) is 2. The number of ether oxygens (including phenoxy) is 3. The third-order valence-corrected chi connectivity index (χ3v) is 6.70. The molecule has 1 aromatic heterocycles. The van der Waals surface area contributed by atoms with Gasteiger partial charge in [0.05, 0.1) is 6.61 Å². The first-order valence-corrected chi connectivity index (χ1v) is 11.4. The molecule has 0 bridgehead atoms. The summed E-state index contributed by atoms with van der Waals surface area (Å²) in [5.74, 6) is -5.80. The molecule has 5 N–H and O–H groups in total. The Labute approximate surface area is 211 Å². The zero-order valence-corrected chi connectivity index (χ0v) is 20.0. The molecule has 0 aliphatic carbocycles. The predicted octanol–water partition coefficient (Wildman–Crippen LogP) is -0.182. The van der Waals surface area contributed by atoms with Crippen molar-refractivity contribution < 1.29 is 48.7 Å². The summed E-state index contributed by atoms with van der Waals surface area (Å²) < 4.78 is 16.0. The SMILES string of the molecule is CO[C@@]1(NC(=O)C(C(=O)O)c2ccc(O)cc2)C(=O)N2C(OC(=O)O)=C(C(C)Sc3nnn[nH]3)CO[C@@H]21. The molecule has 2 aliphatic heterocycles. The van der Waals surface area contributed by atoms with Crippen LogP contribution in [-0.4, -0.2) is 95.7 Å². The number of carbonyl (C=O) groups excluding carboxylic acids is 2. The van der Waals surface area contributed by atoms with Crippen LogP contribution in [-0.2, 0) is 28.6 Å². The van der Waals surface area contributed by atoms with Crippen LogP contribution in [0.3, 0.4) is 0 Å². The van der Waals surface area contributed by atoms with E-state index in [1.54, 1.807) is 6.92 Å². The molecule has 16 nitrogen and oxygen atoms in total. The fourth-order valence-electron chi connectivity index (χ4n) is 3.89. The van der Waals surface area contributed by atoms with Crippen molar-refractivity contribution in [3.8, 4) is 5.75 Å². The summed E-state index contributed by atoms with van der Waals surface area (Å²) in [5.41, 5.74) is -1.85. The number of aromatic hydroxyl groups is 1. The molecule has 4 rings (SSSR count). The zero-order valence-electron chi connectivity index (χ0n) is 19.1. The number of tetrazole rings is 1. The molecule has 3 heterocycles. The van der Waals surface area contributed by atoms with Crippen LogP contribution in [0.25, 0.3) is 0 Å². The summed E-state index contributed by atoms with van der Waals surface area (Å²) in [6.45, 7) is 1.45. The summed E-state index contributed by atoms with van der Waals surface area (Å²) in [4.78, 5) is 50.5. The van der Waals surface area contributed by atoms with Crippen LogP contribution in [0.1, 0.15) is 18.4 Å². The van der Waals surface area contributed by atoms with Crippen molar-refractivity contribution in [2.75, 3.05) is 13.7 Å². The van der Waals surface area contributed by atoms with E-state index in [1.807, 2.05) is 0 Å². The van der Waals surface area contributed by atoms with Crippen LogP contribution in [0, 0.1) is 0 Å². The van der Waals surface area contributed by atoms with E-state index >= 15 is 0 Å². The number of aromatic nitrogens is 4. The Balaban J connectivity index is 1.62. The Hall–Kier alpha value is -4.22. The molecule has 2 unspecified atom stereocenters. The average molecular weight is 536 g/mol. The van der Waals surface area contributed by atoms with Crippen molar-refractivity contribution in [3.05, 3.63) is 41.3 Å². The Morgan fingerprint density at radius 1 is 1.30 bits per heavy atom. The number of methoxy groups -OCH3 is 1. The maximum atomic E-state index is 13.3. The highest BCUT2D eigenvalue weighted by molar-refractivity contribution is 7.99. The Morgan fingerprint density at radius 2 is 2.00 bits per heavy atom. The number of rotatable bonds is 9. The molecular weight excluding hydrogens is 516 g/mol. The third-order valence-electron chi connectivity index (χ3n) is 5.66. The summed E-state index contributed by atoms with van der Waals surface area (Å²) in [7, 11) is 1.10. The van der Waals surface area contributed by atoms with E-state index in [2.05, 4.69) is 25.9 Å². The number of nitrogens with one attached hydrogen (secondary N) is 2. The van der Waals surface area contributed by atoms with E-state index in [4.69, 9.17) is 14.2 Å². The van der Waals surface area contributed by atoms with E-state index in [-0.39, 0.29) is 29.4 Å². The highest BCUT2D eigenvalue weighted by atomic mass is 32.2. The van der Waals surface area contributed by atoms with E-state index in [1.165, 1.54) is 24.3 Å². The number of aliphatic carboxylic acids is 1. The van der Waals surface area contributed by atoms with Crippen molar-refractivity contribution in [2.24, 2.45) is 0 Å². The molecule has 2 aliphatic rings. The van der Waals surface area contributed by atoms with Gasteiger partial charge in [-0.25, -0.2) is 14.8 Å².